The molecule has 1 aromatic carbocycles. The molecule has 5 nitrogen and oxygen atoms in total. The zero-order valence-electron chi connectivity index (χ0n) is 12.7. The number of anilines is 1. The molecule has 0 saturated heterocycles. The number of nitrogens with zero attached hydrogens (tertiary/aromatic N) is 5. The first kappa shape index (κ1) is 14.5. The first-order chi connectivity index (χ1) is 10.6. The van der Waals surface area contributed by atoms with Crippen LogP contribution in [0.3, 0.4) is 0 Å². The van der Waals surface area contributed by atoms with Crippen molar-refractivity contribution in [2.24, 2.45) is 7.05 Å². The van der Waals surface area contributed by atoms with Crippen molar-refractivity contribution >= 4 is 17.4 Å². The molecule has 0 atom stereocenters. The molecule has 0 saturated carbocycles. The minimum Gasteiger partial charge on any atom is -0.363 e. The summed E-state index contributed by atoms with van der Waals surface area (Å²) < 4.78 is 1.90. The Morgan fingerprint density at radius 2 is 1.82 bits per heavy atom. The van der Waals surface area contributed by atoms with E-state index in [1.807, 2.05) is 60.9 Å². The third-order valence-corrected chi connectivity index (χ3v) is 3.62. The summed E-state index contributed by atoms with van der Waals surface area (Å²) in [4.78, 5) is 6.26. The van der Waals surface area contributed by atoms with E-state index in [1.54, 1.807) is 6.33 Å². The number of halogens is 1. The number of hydrogen-bond donors (Lipinski definition) is 0. The Kier molecular flexibility index (Phi) is 3.81. The van der Waals surface area contributed by atoms with Gasteiger partial charge in [-0.15, -0.1) is 10.2 Å². The number of pyridine rings is 1. The van der Waals surface area contributed by atoms with Crippen LogP contribution in [0.1, 0.15) is 0 Å². The van der Waals surface area contributed by atoms with E-state index in [0.29, 0.717) is 5.15 Å². The first-order valence-corrected chi connectivity index (χ1v) is 7.23. The van der Waals surface area contributed by atoms with Crippen molar-refractivity contribution in [3.8, 4) is 22.5 Å². The third-order valence-electron chi connectivity index (χ3n) is 3.43. The van der Waals surface area contributed by atoms with Gasteiger partial charge in [-0.1, -0.05) is 35.9 Å². The molecule has 3 aromatic rings. The van der Waals surface area contributed by atoms with Gasteiger partial charge in [-0.25, -0.2) is 4.98 Å². The standard InChI is InChI=1S/C16H16ClN5/c1-21(2)15-9-11(8-14(17)19-15)12-6-4-5-7-13(12)16-20-18-10-22(16)3/h4-10H,1-3H3. The zero-order chi connectivity index (χ0) is 15.7. The molecule has 0 unspecified atom stereocenters. The van der Waals surface area contributed by atoms with Crippen molar-refractivity contribution in [2.75, 3.05) is 19.0 Å². The molecule has 0 spiro atoms. The van der Waals surface area contributed by atoms with Gasteiger partial charge in [0.25, 0.3) is 0 Å². The van der Waals surface area contributed by atoms with E-state index in [1.165, 1.54) is 0 Å². The van der Waals surface area contributed by atoms with Gasteiger partial charge in [0, 0.05) is 26.7 Å². The monoisotopic (exact) mass is 313 g/mol. The number of aryl methyl sites for hydroxylation is 1. The molecule has 0 N–H and O–H groups in total. The van der Waals surface area contributed by atoms with E-state index < -0.39 is 0 Å². The molecule has 0 fully saturated rings. The highest BCUT2D eigenvalue weighted by molar-refractivity contribution is 6.29. The van der Waals surface area contributed by atoms with Crippen LogP contribution >= 0.6 is 11.6 Å². The molecule has 2 heterocycles. The molecule has 6 heteroatoms. The number of benzene rings is 1. The Labute approximate surface area is 134 Å². The fraction of sp³-hybridized carbons (Fsp3) is 0.188. The molecule has 112 valence electrons. The maximum Gasteiger partial charge on any atom is 0.164 e. The Hall–Kier alpha value is -2.40. The second-order valence-corrected chi connectivity index (χ2v) is 5.63. The average molecular weight is 314 g/mol. The lowest BCUT2D eigenvalue weighted by molar-refractivity contribution is 0.920. The summed E-state index contributed by atoms with van der Waals surface area (Å²) in [5.74, 6) is 1.63. The smallest absolute Gasteiger partial charge is 0.164 e. The second kappa shape index (κ2) is 5.77. The van der Waals surface area contributed by atoms with Crippen molar-refractivity contribution in [1.29, 1.82) is 0 Å². The van der Waals surface area contributed by atoms with E-state index in [-0.39, 0.29) is 0 Å². The SMILES string of the molecule is CN(C)c1cc(-c2ccccc2-c2nncn2C)cc(Cl)n1. The summed E-state index contributed by atoms with van der Waals surface area (Å²) in [6, 6.07) is 11.9. The zero-order valence-corrected chi connectivity index (χ0v) is 13.4. The second-order valence-electron chi connectivity index (χ2n) is 5.24. The molecule has 0 amide bonds. The summed E-state index contributed by atoms with van der Waals surface area (Å²) in [6.45, 7) is 0. The van der Waals surface area contributed by atoms with E-state index in [4.69, 9.17) is 11.6 Å². The van der Waals surface area contributed by atoms with Gasteiger partial charge in [-0.3, -0.25) is 0 Å². The minimum absolute atomic E-state index is 0.467. The van der Waals surface area contributed by atoms with Crippen LogP contribution in [-0.2, 0) is 7.05 Å². The van der Waals surface area contributed by atoms with Crippen LogP contribution < -0.4 is 4.90 Å². The molecular formula is C16H16ClN5. The average Bonchev–Trinajstić information content (AvgIpc) is 2.92. The van der Waals surface area contributed by atoms with Gasteiger partial charge in [0.05, 0.1) is 0 Å². The summed E-state index contributed by atoms with van der Waals surface area (Å²) in [5, 5.41) is 8.64. The predicted molar refractivity (Wildman–Crippen MR) is 89.0 cm³/mol. The van der Waals surface area contributed by atoms with Gasteiger partial charge in [0.1, 0.15) is 17.3 Å². The Morgan fingerprint density at radius 3 is 2.45 bits per heavy atom. The normalized spacial score (nSPS) is 10.7. The van der Waals surface area contributed by atoms with Crippen molar-refractivity contribution in [1.82, 2.24) is 19.7 Å². The van der Waals surface area contributed by atoms with Gasteiger partial charge in [0.2, 0.25) is 0 Å². The Bertz CT molecular complexity index is 810. The van der Waals surface area contributed by atoms with E-state index in [9.17, 15) is 0 Å². The van der Waals surface area contributed by atoms with Crippen LogP contribution in [0.5, 0.6) is 0 Å². The lowest BCUT2D eigenvalue weighted by Crippen LogP contribution is -2.10. The quantitative estimate of drug-likeness (QED) is 0.696. The van der Waals surface area contributed by atoms with Gasteiger partial charge in [-0.2, -0.15) is 0 Å². The number of aromatic nitrogens is 4. The lowest BCUT2D eigenvalue weighted by Gasteiger charge is -2.15. The maximum atomic E-state index is 6.18. The highest BCUT2D eigenvalue weighted by Crippen LogP contribution is 2.33. The molecular weight excluding hydrogens is 298 g/mol. The molecule has 0 aliphatic heterocycles. The topological polar surface area (TPSA) is 46.8 Å². The highest BCUT2D eigenvalue weighted by Gasteiger charge is 2.13. The predicted octanol–water partition coefficient (Wildman–Crippen LogP) is 3.26. The van der Waals surface area contributed by atoms with Gasteiger partial charge >= 0.3 is 0 Å². The molecule has 0 aliphatic rings. The summed E-state index contributed by atoms with van der Waals surface area (Å²) in [7, 11) is 5.81. The molecule has 0 radical (unpaired) electrons. The van der Waals surface area contributed by atoms with Crippen LogP contribution in [-0.4, -0.2) is 33.8 Å². The van der Waals surface area contributed by atoms with Gasteiger partial charge in [0.15, 0.2) is 5.82 Å². The highest BCUT2D eigenvalue weighted by atomic mass is 35.5. The molecule has 0 bridgehead atoms. The van der Waals surface area contributed by atoms with Crippen LogP contribution in [0.2, 0.25) is 5.15 Å². The van der Waals surface area contributed by atoms with Gasteiger partial charge in [-0.05, 0) is 23.3 Å². The van der Waals surface area contributed by atoms with E-state index in [0.717, 1.165) is 28.3 Å². The number of rotatable bonds is 3. The lowest BCUT2D eigenvalue weighted by atomic mass is 10.00. The van der Waals surface area contributed by atoms with E-state index in [2.05, 4.69) is 21.2 Å². The minimum atomic E-state index is 0.467. The van der Waals surface area contributed by atoms with Crippen LogP contribution in [0.4, 0.5) is 5.82 Å². The van der Waals surface area contributed by atoms with Crippen molar-refractivity contribution < 1.29 is 0 Å². The molecule has 2 aromatic heterocycles. The maximum absolute atomic E-state index is 6.18. The van der Waals surface area contributed by atoms with Crippen molar-refractivity contribution in [3.05, 3.63) is 47.9 Å². The summed E-state index contributed by atoms with van der Waals surface area (Å²) in [6.07, 6.45) is 1.69. The number of hydrogen-bond acceptors (Lipinski definition) is 4. The molecule has 0 aliphatic carbocycles. The fourth-order valence-electron chi connectivity index (χ4n) is 2.32. The summed E-state index contributed by atoms with van der Waals surface area (Å²) in [5.41, 5.74) is 3.06. The fourth-order valence-corrected chi connectivity index (χ4v) is 2.53. The van der Waals surface area contributed by atoms with Crippen LogP contribution in [0, 0.1) is 0 Å². The summed E-state index contributed by atoms with van der Waals surface area (Å²) >= 11 is 6.18. The molecule has 3 rings (SSSR count). The Morgan fingerprint density at radius 1 is 1.09 bits per heavy atom. The molecule has 22 heavy (non-hydrogen) atoms. The largest absolute Gasteiger partial charge is 0.363 e. The Balaban J connectivity index is 2.20. The third kappa shape index (κ3) is 2.67. The van der Waals surface area contributed by atoms with Crippen LogP contribution in [0.15, 0.2) is 42.7 Å². The van der Waals surface area contributed by atoms with Crippen molar-refractivity contribution in [3.63, 3.8) is 0 Å². The van der Waals surface area contributed by atoms with Gasteiger partial charge < -0.3 is 9.47 Å². The first-order valence-electron chi connectivity index (χ1n) is 6.85. The van der Waals surface area contributed by atoms with Crippen LogP contribution in [0.25, 0.3) is 22.5 Å². The van der Waals surface area contributed by atoms with E-state index >= 15 is 0 Å². The van der Waals surface area contributed by atoms with Crippen molar-refractivity contribution in [2.45, 2.75) is 0 Å².